The molecular formula is C46H83NO7P+. The molecule has 2 atom stereocenters. The van der Waals surface area contributed by atoms with Crippen LogP contribution in [0.3, 0.4) is 0 Å². The van der Waals surface area contributed by atoms with Gasteiger partial charge in [0.05, 0.1) is 34.4 Å². The second-order valence-corrected chi connectivity index (χ2v) is 16.8. The lowest BCUT2D eigenvalue weighted by atomic mass is 10.0. The van der Waals surface area contributed by atoms with Crippen molar-refractivity contribution < 1.29 is 37.3 Å². The lowest BCUT2D eigenvalue weighted by Crippen LogP contribution is -2.37. The Bertz CT molecular complexity index is 1110. The van der Waals surface area contributed by atoms with Gasteiger partial charge in [-0.2, -0.15) is 0 Å². The van der Waals surface area contributed by atoms with Crippen LogP contribution in [-0.4, -0.2) is 75.6 Å². The lowest BCUT2D eigenvalue weighted by molar-refractivity contribution is -0.870. The van der Waals surface area contributed by atoms with Gasteiger partial charge in [0.25, 0.3) is 0 Å². The molecule has 0 rings (SSSR count). The highest BCUT2D eigenvalue weighted by Gasteiger charge is 2.26. The molecule has 0 amide bonds. The quantitative estimate of drug-likeness (QED) is 0.0218. The fourth-order valence-corrected chi connectivity index (χ4v) is 6.20. The molecular weight excluding hydrogens is 709 g/mol. The maximum atomic E-state index is 12.7. The van der Waals surface area contributed by atoms with Crippen LogP contribution in [0.1, 0.15) is 155 Å². The number of unbranched alkanes of at least 4 members (excludes halogenated alkanes) is 13. The average Bonchev–Trinajstić information content (AvgIpc) is 3.13. The number of allylic oxidation sites excluding steroid dienone is 12. The third-order valence-electron chi connectivity index (χ3n) is 8.80. The van der Waals surface area contributed by atoms with Gasteiger partial charge in [-0.3, -0.25) is 13.8 Å². The molecule has 0 heterocycles. The van der Waals surface area contributed by atoms with Gasteiger partial charge in [0.15, 0.2) is 0 Å². The van der Waals surface area contributed by atoms with Crippen LogP contribution in [-0.2, 0) is 27.9 Å². The maximum Gasteiger partial charge on any atom is 0.472 e. The van der Waals surface area contributed by atoms with E-state index in [9.17, 15) is 14.3 Å². The van der Waals surface area contributed by atoms with E-state index in [0.29, 0.717) is 24.1 Å². The first-order valence-electron chi connectivity index (χ1n) is 21.7. The summed E-state index contributed by atoms with van der Waals surface area (Å²) in [6.45, 7) is 5.40. The van der Waals surface area contributed by atoms with Crippen molar-refractivity contribution >= 4 is 13.8 Å². The largest absolute Gasteiger partial charge is 0.472 e. The lowest BCUT2D eigenvalue weighted by Gasteiger charge is -2.24. The average molecular weight is 793 g/mol. The number of hydrogen-bond acceptors (Lipinski definition) is 6. The first-order valence-corrected chi connectivity index (χ1v) is 23.2. The maximum absolute atomic E-state index is 12.7. The van der Waals surface area contributed by atoms with Gasteiger partial charge in [0.2, 0.25) is 0 Å². The van der Waals surface area contributed by atoms with E-state index in [2.05, 4.69) is 74.6 Å². The minimum absolute atomic E-state index is 0.0727. The molecule has 0 aromatic carbocycles. The Kier molecular flexibility index (Phi) is 37.3. The van der Waals surface area contributed by atoms with Gasteiger partial charge in [0.1, 0.15) is 19.3 Å². The molecule has 0 aliphatic carbocycles. The summed E-state index contributed by atoms with van der Waals surface area (Å²) in [7, 11) is 1.61. The van der Waals surface area contributed by atoms with E-state index < -0.39 is 19.9 Å². The smallest absolute Gasteiger partial charge is 0.457 e. The number of rotatable bonds is 39. The third-order valence-corrected chi connectivity index (χ3v) is 9.78. The van der Waals surface area contributed by atoms with Crippen molar-refractivity contribution in [1.82, 2.24) is 0 Å². The van der Waals surface area contributed by atoms with Gasteiger partial charge >= 0.3 is 13.8 Å². The van der Waals surface area contributed by atoms with Crippen molar-refractivity contribution in [2.75, 3.05) is 54.1 Å². The number of likely N-dealkylation sites (N-methyl/N-ethyl adjacent to an activating group) is 1. The highest BCUT2D eigenvalue weighted by atomic mass is 31.2. The van der Waals surface area contributed by atoms with Crippen LogP contribution in [0.25, 0.3) is 0 Å². The Morgan fingerprint density at radius 2 is 1.02 bits per heavy atom. The number of nitrogens with zero attached hydrogens (tertiary/aromatic N) is 1. The molecule has 1 N–H and O–H groups in total. The van der Waals surface area contributed by atoms with E-state index in [1.54, 1.807) is 0 Å². The Morgan fingerprint density at radius 3 is 1.47 bits per heavy atom. The third kappa shape index (κ3) is 42.9. The van der Waals surface area contributed by atoms with E-state index in [-0.39, 0.29) is 26.2 Å². The predicted octanol–water partition coefficient (Wildman–Crippen LogP) is 12.7. The summed E-state index contributed by atoms with van der Waals surface area (Å²) in [5, 5.41) is 0. The summed E-state index contributed by atoms with van der Waals surface area (Å²) in [6, 6.07) is 0. The number of phosphoric ester groups is 1. The SMILES string of the molecule is CC/C=C\C/C=C\C/C=C\C/C=C\C/C=C\C/C=C\CCC(=O)OC(COCCCCCCCCCCCCCCCC)COP(=O)(O)OCC[N+](C)(C)C. The summed E-state index contributed by atoms with van der Waals surface area (Å²) in [4.78, 5) is 22.8. The number of hydrogen-bond donors (Lipinski definition) is 1. The molecule has 0 aliphatic heterocycles. The molecule has 2 unspecified atom stereocenters. The van der Waals surface area contributed by atoms with Crippen LogP contribution >= 0.6 is 7.82 Å². The minimum Gasteiger partial charge on any atom is -0.457 e. The number of esters is 1. The van der Waals surface area contributed by atoms with Crippen LogP contribution in [0.15, 0.2) is 72.9 Å². The zero-order valence-electron chi connectivity index (χ0n) is 35.9. The van der Waals surface area contributed by atoms with E-state index in [1.807, 2.05) is 33.3 Å². The topological polar surface area (TPSA) is 91.3 Å². The number of phosphoric acid groups is 1. The standard InChI is InChI=1S/C46H82NO7P/c1-6-8-10-12-14-16-18-20-22-23-24-25-26-27-29-31-33-35-37-39-46(48)54-45(44-53-55(49,50)52-42-40-47(3,4)5)43-51-41-38-36-34-32-30-28-21-19-17-15-13-11-9-7-2/h8,10,14,16,20,22,24-25,27,29,33,35,45H,6-7,9,11-13,15,17-19,21,23,26,28,30-32,34,36-44H2,1-5H3/p+1/b10-8-,16-14-,22-20-,25-24-,29-27-,35-33-. The molecule has 0 saturated carbocycles. The molecule has 8 nitrogen and oxygen atoms in total. The first-order chi connectivity index (χ1) is 26.6. The summed E-state index contributed by atoms with van der Waals surface area (Å²) >= 11 is 0. The van der Waals surface area contributed by atoms with Gasteiger partial charge < -0.3 is 18.9 Å². The van der Waals surface area contributed by atoms with Crippen molar-refractivity contribution in [3.05, 3.63) is 72.9 Å². The van der Waals surface area contributed by atoms with Crippen molar-refractivity contribution in [3.8, 4) is 0 Å². The Labute approximate surface area is 338 Å². The Morgan fingerprint density at radius 1 is 0.582 bits per heavy atom. The molecule has 0 bridgehead atoms. The zero-order chi connectivity index (χ0) is 40.6. The summed E-state index contributed by atoms with van der Waals surface area (Å²) in [6.07, 6.45) is 49.5. The van der Waals surface area contributed by atoms with Gasteiger partial charge in [-0.1, -0.05) is 170 Å². The molecule has 0 aromatic heterocycles. The summed E-state index contributed by atoms with van der Waals surface area (Å²) in [5.74, 6) is -0.396. The highest BCUT2D eigenvalue weighted by Crippen LogP contribution is 2.43. The molecule has 0 fully saturated rings. The number of carbonyl (C=O) groups excluding carboxylic acids is 1. The minimum atomic E-state index is -4.30. The molecule has 9 heteroatoms. The Balaban J connectivity index is 4.39. The van der Waals surface area contributed by atoms with Crippen molar-refractivity contribution in [2.24, 2.45) is 0 Å². The van der Waals surface area contributed by atoms with Crippen LogP contribution in [0.5, 0.6) is 0 Å². The molecule has 0 aromatic rings. The van der Waals surface area contributed by atoms with Crippen LogP contribution in [0.4, 0.5) is 0 Å². The molecule has 318 valence electrons. The Hall–Kier alpha value is -2.06. The van der Waals surface area contributed by atoms with Crippen molar-refractivity contribution in [2.45, 2.75) is 161 Å². The first kappa shape index (κ1) is 52.9. The fourth-order valence-electron chi connectivity index (χ4n) is 5.46. The van der Waals surface area contributed by atoms with E-state index in [1.165, 1.54) is 77.0 Å². The fraction of sp³-hybridized carbons (Fsp3) is 0.717. The number of carbonyl (C=O) groups is 1. The second-order valence-electron chi connectivity index (χ2n) is 15.3. The van der Waals surface area contributed by atoms with Crippen molar-refractivity contribution in [1.29, 1.82) is 0 Å². The number of quaternary nitrogens is 1. The summed E-state index contributed by atoms with van der Waals surface area (Å²) in [5.41, 5.74) is 0. The highest BCUT2D eigenvalue weighted by molar-refractivity contribution is 7.47. The van der Waals surface area contributed by atoms with E-state index >= 15 is 0 Å². The molecule has 0 saturated heterocycles. The number of ether oxygens (including phenoxy) is 2. The molecule has 0 spiro atoms. The molecule has 0 aliphatic rings. The normalized spacial score (nSPS) is 14.5. The van der Waals surface area contributed by atoms with Crippen LogP contribution in [0, 0.1) is 0 Å². The van der Waals surface area contributed by atoms with E-state index in [4.69, 9.17) is 18.5 Å². The second kappa shape index (κ2) is 38.8. The monoisotopic (exact) mass is 793 g/mol. The van der Waals surface area contributed by atoms with Crippen LogP contribution in [0.2, 0.25) is 0 Å². The molecule has 0 radical (unpaired) electrons. The van der Waals surface area contributed by atoms with Gasteiger partial charge in [-0.05, 0) is 51.4 Å². The summed E-state index contributed by atoms with van der Waals surface area (Å²) < 4.78 is 34.9. The zero-order valence-corrected chi connectivity index (χ0v) is 36.8. The predicted molar refractivity (Wildman–Crippen MR) is 233 cm³/mol. The van der Waals surface area contributed by atoms with Gasteiger partial charge in [-0.15, -0.1) is 0 Å². The van der Waals surface area contributed by atoms with Crippen LogP contribution < -0.4 is 0 Å². The van der Waals surface area contributed by atoms with Gasteiger partial charge in [0, 0.05) is 13.0 Å². The van der Waals surface area contributed by atoms with Crippen molar-refractivity contribution in [3.63, 3.8) is 0 Å². The van der Waals surface area contributed by atoms with Gasteiger partial charge in [-0.25, -0.2) is 4.57 Å². The molecule has 55 heavy (non-hydrogen) atoms. The van der Waals surface area contributed by atoms with E-state index in [0.717, 1.165) is 51.4 Å².